The van der Waals surface area contributed by atoms with E-state index in [1.54, 1.807) is 4.90 Å². The number of rotatable bonds is 4. The average molecular weight is 441 g/mol. The van der Waals surface area contributed by atoms with Gasteiger partial charge in [0, 0.05) is 29.8 Å². The molecule has 30 heavy (non-hydrogen) atoms. The lowest BCUT2D eigenvalue weighted by Crippen LogP contribution is -2.50. The number of amides is 1. The van der Waals surface area contributed by atoms with Crippen molar-refractivity contribution in [2.75, 3.05) is 12.9 Å². The number of halogens is 2. The van der Waals surface area contributed by atoms with E-state index >= 15 is 0 Å². The van der Waals surface area contributed by atoms with Crippen LogP contribution in [0.1, 0.15) is 35.4 Å². The molecule has 12 heteroatoms. The largest absolute Gasteiger partial charge is 0.370 e. The number of hydrogen-bond donors (Lipinski definition) is 2. The Balaban J connectivity index is 1.59. The molecule has 0 saturated carbocycles. The second-order valence-electron chi connectivity index (χ2n) is 7.60. The Hall–Kier alpha value is -2.41. The first kappa shape index (κ1) is 20.8. The number of nitrogens with two attached hydrogens (primary N) is 2. The third kappa shape index (κ3) is 3.49. The van der Waals surface area contributed by atoms with Gasteiger partial charge in [-0.25, -0.2) is 17.2 Å². The first-order valence-electron chi connectivity index (χ1n) is 9.22. The fourth-order valence-electron chi connectivity index (χ4n) is 4.26. The molecule has 4 atom stereocenters. The highest BCUT2D eigenvalue weighted by Gasteiger charge is 2.44. The average Bonchev–Trinajstić information content (AvgIpc) is 3.22. The van der Waals surface area contributed by atoms with Gasteiger partial charge in [0.15, 0.2) is 0 Å². The van der Waals surface area contributed by atoms with Gasteiger partial charge in [-0.2, -0.15) is 9.19 Å². The molecule has 1 fully saturated rings. The molecule has 2 aliphatic heterocycles. The molecule has 9 nitrogen and oxygen atoms in total. The predicted octanol–water partition coefficient (Wildman–Crippen LogP) is 0.169. The Labute approximate surface area is 171 Å². The molecule has 3 heterocycles. The van der Waals surface area contributed by atoms with Crippen LogP contribution in [-0.4, -0.2) is 53.4 Å². The number of primary amides is 1. The maximum atomic E-state index is 14.1. The van der Waals surface area contributed by atoms with Crippen molar-refractivity contribution in [3.8, 4) is 0 Å². The number of aromatic nitrogens is 2. The van der Waals surface area contributed by atoms with Crippen molar-refractivity contribution < 1.29 is 26.7 Å². The van der Waals surface area contributed by atoms with Gasteiger partial charge in [0.25, 0.3) is 10.0 Å². The minimum Gasteiger partial charge on any atom is -0.370 e. The Morgan fingerprint density at radius 1 is 1.30 bits per heavy atom. The van der Waals surface area contributed by atoms with Crippen molar-refractivity contribution in [2.45, 2.75) is 37.2 Å². The Kier molecular flexibility index (Phi) is 5.12. The van der Waals surface area contributed by atoms with Gasteiger partial charge in [-0.1, -0.05) is 0 Å². The molecule has 4 N–H and O–H groups in total. The molecule has 1 aromatic heterocycles. The highest BCUT2D eigenvalue weighted by atomic mass is 32.2. The lowest BCUT2D eigenvalue weighted by molar-refractivity contribution is -0.127. The van der Waals surface area contributed by atoms with Crippen LogP contribution >= 0.6 is 0 Å². The minimum atomic E-state index is -3.66. The molecule has 0 spiro atoms. The van der Waals surface area contributed by atoms with Gasteiger partial charge in [0.2, 0.25) is 5.91 Å². The molecule has 1 saturated heterocycles. The zero-order valence-corrected chi connectivity index (χ0v) is 16.9. The number of benzene rings is 1. The SMILES string of the molecule is CS(=O)(=O)n1ncc2c1CN([C@H]1CO[C@H](c3cc(F)ccc3F)[C@@H](N)C1)[C@H]2C(N)=O. The second kappa shape index (κ2) is 7.38. The molecule has 0 bridgehead atoms. The van der Waals surface area contributed by atoms with Crippen LogP contribution in [0.2, 0.25) is 0 Å². The summed E-state index contributed by atoms with van der Waals surface area (Å²) in [5, 5.41) is 3.87. The van der Waals surface area contributed by atoms with Crippen LogP contribution in [0.15, 0.2) is 24.4 Å². The number of ether oxygens (including phenoxy) is 1. The van der Waals surface area contributed by atoms with E-state index in [0.29, 0.717) is 17.7 Å². The van der Waals surface area contributed by atoms with E-state index in [0.717, 1.165) is 28.5 Å². The maximum absolute atomic E-state index is 14.1. The molecule has 0 radical (unpaired) electrons. The molecule has 0 unspecified atom stereocenters. The highest BCUT2D eigenvalue weighted by Crippen LogP contribution is 2.39. The molecule has 162 valence electrons. The highest BCUT2D eigenvalue weighted by molar-refractivity contribution is 7.89. The van der Waals surface area contributed by atoms with Crippen LogP contribution in [0.3, 0.4) is 0 Å². The van der Waals surface area contributed by atoms with Crippen molar-refractivity contribution in [1.29, 1.82) is 0 Å². The summed E-state index contributed by atoms with van der Waals surface area (Å²) in [6.07, 6.45) is 1.79. The fraction of sp³-hybridized carbons (Fsp3) is 0.444. The van der Waals surface area contributed by atoms with Gasteiger partial charge < -0.3 is 16.2 Å². The van der Waals surface area contributed by atoms with Crippen molar-refractivity contribution in [1.82, 2.24) is 14.1 Å². The second-order valence-corrected chi connectivity index (χ2v) is 9.41. The molecule has 1 amide bonds. The van der Waals surface area contributed by atoms with E-state index in [-0.39, 0.29) is 24.8 Å². The topological polar surface area (TPSA) is 134 Å². The number of carbonyl (C=O) groups excluding carboxylic acids is 1. The number of hydrogen-bond acceptors (Lipinski definition) is 7. The first-order chi connectivity index (χ1) is 14.1. The van der Waals surface area contributed by atoms with Gasteiger partial charge in [-0.05, 0) is 24.6 Å². The molecular weight excluding hydrogens is 420 g/mol. The smallest absolute Gasteiger partial charge is 0.251 e. The monoisotopic (exact) mass is 441 g/mol. The summed E-state index contributed by atoms with van der Waals surface area (Å²) in [5.41, 5.74) is 12.6. The van der Waals surface area contributed by atoms with Crippen LogP contribution in [0.25, 0.3) is 0 Å². The van der Waals surface area contributed by atoms with E-state index in [9.17, 15) is 22.0 Å². The van der Waals surface area contributed by atoms with Crippen LogP contribution in [-0.2, 0) is 26.1 Å². The zero-order chi connectivity index (χ0) is 21.8. The quantitative estimate of drug-likeness (QED) is 0.691. The molecule has 0 aliphatic carbocycles. The number of fused-ring (bicyclic) bond motifs is 1. The van der Waals surface area contributed by atoms with Crippen molar-refractivity contribution in [3.63, 3.8) is 0 Å². The van der Waals surface area contributed by atoms with Crippen molar-refractivity contribution in [2.24, 2.45) is 11.5 Å². The normalized spacial score (nSPS) is 27.2. The first-order valence-corrected chi connectivity index (χ1v) is 11.1. The van der Waals surface area contributed by atoms with E-state index in [1.165, 1.54) is 6.20 Å². The van der Waals surface area contributed by atoms with Crippen LogP contribution in [0, 0.1) is 11.6 Å². The van der Waals surface area contributed by atoms with Gasteiger partial charge >= 0.3 is 0 Å². The number of nitrogens with zero attached hydrogens (tertiary/aromatic N) is 3. The van der Waals surface area contributed by atoms with Crippen LogP contribution in [0.5, 0.6) is 0 Å². The van der Waals surface area contributed by atoms with Crippen LogP contribution in [0.4, 0.5) is 8.78 Å². The molecule has 4 rings (SSSR count). The fourth-order valence-corrected chi connectivity index (χ4v) is 5.04. The van der Waals surface area contributed by atoms with Gasteiger partial charge in [-0.15, -0.1) is 0 Å². The molecule has 2 aliphatic rings. The van der Waals surface area contributed by atoms with Crippen LogP contribution < -0.4 is 11.5 Å². The lowest BCUT2D eigenvalue weighted by atomic mass is 9.92. The van der Waals surface area contributed by atoms with Crippen molar-refractivity contribution in [3.05, 3.63) is 52.9 Å². The Morgan fingerprint density at radius 3 is 2.67 bits per heavy atom. The summed E-state index contributed by atoms with van der Waals surface area (Å²) < 4.78 is 58.3. The summed E-state index contributed by atoms with van der Waals surface area (Å²) in [6.45, 7) is 0.185. The Bertz CT molecular complexity index is 1110. The molecular formula is C18H21F2N5O4S. The third-order valence-electron chi connectivity index (χ3n) is 5.54. The minimum absolute atomic E-state index is 0.0322. The van der Waals surface area contributed by atoms with E-state index in [1.807, 2.05) is 0 Å². The van der Waals surface area contributed by atoms with E-state index in [4.69, 9.17) is 16.2 Å². The molecule has 1 aromatic carbocycles. The van der Waals surface area contributed by atoms with Gasteiger partial charge in [-0.3, -0.25) is 9.69 Å². The Morgan fingerprint density at radius 2 is 2.03 bits per heavy atom. The summed E-state index contributed by atoms with van der Waals surface area (Å²) >= 11 is 0. The zero-order valence-electron chi connectivity index (χ0n) is 16.0. The van der Waals surface area contributed by atoms with E-state index < -0.39 is 45.8 Å². The maximum Gasteiger partial charge on any atom is 0.251 e. The third-order valence-corrected chi connectivity index (χ3v) is 6.49. The summed E-state index contributed by atoms with van der Waals surface area (Å²) in [7, 11) is -3.66. The molecule has 2 aromatic rings. The summed E-state index contributed by atoms with van der Waals surface area (Å²) in [6, 6.07) is 1.14. The number of carbonyl (C=O) groups is 1. The van der Waals surface area contributed by atoms with Gasteiger partial charge in [0.05, 0.1) is 24.8 Å². The standard InChI is InChI=1S/C18H21F2N5O4S/c1-30(27,28)25-15-7-24(16(18(22)26)12(15)6-23-25)10-5-14(21)17(29-8-10)11-4-9(19)2-3-13(11)20/h2-4,6,10,14,16-17H,5,7-8,21H2,1H3,(H2,22,26)/t10-,14+,16-,17-/m1/s1. The lowest BCUT2D eigenvalue weighted by Gasteiger charge is -2.40. The van der Waals surface area contributed by atoms with Crippen molar-refractivity contribution >= 4 is 15.9 Å². The summed E-state index contributed by atoms with van der Waals surface area (Å²) in [4.78, 5) is 13.9. The predicted molar refractivity (Wildman–Crippen MR) is 101 cm³/mol. The summed E-state index contributed by atoms with van der Waals surface area (Å²) in [5.74, 6) is -1.88. The van der Waals surface area contributed by atoms with Gasteiger partial charge in [0.1, 0.15) is 23.8 Å². The van der Waals surface area contributed by atoms with E-state index in [2.05, 4.69) is 5.10 Å².